The van der Waals surface area contributed by atoms with Gasteiger partial charge in [0.05, 0.1) is 0 Å². The van der Waals surface area contributed by atoms with Gasteiger partial charge in [-0.15, -0.1) is 0 Å². The van der Waals surface area contributed by atoms with Crippen LogP contribution in [0.1, 0.15) is 46.8 Å². The summed E-state index contributed by atoms with van der Waals surface area (Å²) in [5, 5.41) is 14.6. The Hall–Kier alpha value is -4.13. The molecule has 0 aliphatic heterocycles. The molecule has 1 atom stereocenters. The molecule has 2 amide bonds. The van der Waals surface area contributed by atoms with Crippen molar-refractivity contribution in [2.45, 2.75) is 32.7 Å². The van der Waals surface area contributed by atoms with E-state index in [2.05, 4.69) is 34.9 Å². The molecule has 180 valence electrons. The van der Waals surface area contributed by atoms with Gasteiger partial charge in [-0.25, -0.2) is 9.59 Å². The average molecular weight is 473 g/mol. The molecule has 3 aromatic rings. The molecule has 4 rings (SSSR count). The zero-order valence-electron chi connectivity index (χ0n) is 19.9. The second-order valence-electron chi connectivity index (χ2n) is 8.96. The first kappa shape index (κ1) is 24.0. The van der Waals surface area contributed by atoms with Crippen LogP contribution in [0.2, 0.25) is 0 Å². The molecule has 7 heteroatoms. The van der Waals surface area contributed by atoms with Crippen molar-refractivity contribution >= 4 is 23.7 Å². The van der Waals surface area contributed by atoms with E-state index >= 15 is 0 Å². The van der Waals surface area contributed by atoms with Gasteiger partial charge in [0.25, 0.3) is 5.91 Å². The van der Waals surface area contributed by atoms with Gasteiger partial charge in [0.1, 0.15) is 12.6 Å². The van der Waals surface area contributed by atoms with E-state index in [0.717, 1.165) is 22.3 Å². The van der Waals surface area contributed by atoms with Gasteiger partial charge < -0.3 is 15.2 Å². The van der Waals surface area contributed by atoms with Crippen LogP contribution in [-0.4, -0.2) is 35.7 Å². The number of hydrogen-bond donors (Lipinski definition) is 3. The van der Waals surface area contributed by atoms with E-state index in [9.17, 15) is 19.5 Å². The largest absolute Gasteiger partial charge is 0.480 e. The van der Waals surface area contributed by atoms with Crippen molar-refractivity contribution in [3.63, 3.8) is 0 Å². The standard InChI is InChI=1S/C28H28N2O5/c1-16(2)25(27(32)33)30-26(31)18-13-8-14-24(17(18)3)29-28(34)35-15-23-21-11-6-4-9-19(21)20-10-5-7-12-22(20)23/h4-14,16,23,25H,15H2,1-3H3,(H,29,34)(H,30,31)(H,32,33)/t25-/m1/s1. The van der Waals surface area contributed by atoms with Gasteiger partial charge in [-0.2, -0.15) is 0 Å². The Labute approximate surface area is 204 Å². The van der Waals surface area contributed by atoms with Crippen molar-refractivity contribution in [3.05, 3.63) is 89.0 Å². The van der Waals surface area contributed by atoms with E-state index in [4.69, 9.17) is 4.74 Å². The summed E-state index contributed by atoms with van der Waals surface area (Å²) >= 11 is 0. The molecule has 0 bridgehead atoms. The van der Waals surface area contributed by atoms with Crippen LogP contribution in [0.15, 0.2) is 66.7 Å². The van der Waals surface area contributed by atoms with Crippen LogP contribution < -0.4 is 10.6 Å². The number of rotatable bonds is 7. The Kier molecular flexibility index (Phi) is 6.87. The van der Waals surface area contributed by atoms with E-state index in [1.165, 1.54) is 0 Å². The Balaban J connectivity index is 1.45. The minimum Gasteiger partial charge on any atom is -0.480 e. The smallest absolute Gasteiger partial charge is 0.411 e. The van der Waals surface area contributed by atoms with E-state index in [1.807, 2.05) is 24.3 Å². The molecule has 0 heterocycles. The quantitative estimate of drug-likeness (QED) is 0.439. The molecule has 7 nitrogen and oxygen atoms in total. The predicted octanol–water partition coefficient (Wildman–Crippen LogP) is 5.20. The summed E-state index contributed by atoms with van der Waals surface area (Å²) in [6.07, 6.45) is -0.627. The number of amides is 2. The number of benzene rings is 3. The van der Waals surface area contributed by atoms with Gasteiger partial charge in [-0.05, 0) is 52.8 Å². The number of carboxylic acid groups (broad SMARTS) is 1. The molecule has 0 saturated carbocycles. The van der Waals surface area contributed by atoms with Crippen molar-refractivity contribution in [2.24, 2.45) is 5.92 Å². The van der Waals surface area contributed by atoms with Crippen molar-refractivity contribution in [1.29, 1.82) is 0 Å². The first-order valence-electron chi connectivity index (χ1n) is 11.5. The van der Waals surface area contributed by atoms with Gasteiger partial charge in [-0.3, -0.25) is 10.1 Å². The molecule has 0 unspecified atom stereocenters. The lowest BCUT2D eigenvalue weighted by molar-refractivity contribution is -0.140. The van der Waals surface area contributed by atoms with Crippen molar-refractivity contribution in [3.8, 4) is 11.1 Å². The summed E-state index contributed by atoms with van der Waals surface area (Å²) in [7, 11) is 0. The van der Waals surface area contributed by atoms with Crippen LogP contribution in [0, 0.1) is 12.8 Å². The lowest BCUT2D eigenvalue weighted by Gasteiger charge is -2.19. The van der Waals surface area contributed by atoms with Crippen LogP contribution >= 0.6 is 0 Å². The molecular formula is C28H28N2O5. The number of nitrogens with one attached hydrogen (secondary N) is 2. The summed E-state index contributed by atoms with van der Waals surface area (Å²) in [5.74, 6) is -1.95. The summed E-state index contributed by atoms with van der Waals surface area (Å²) in [6.45, 7) is 5.31. The Morgan fingerprint density at radius 1 is 0.914 bits per heavy atom. The second-order valence-corrected chi connectivity index (χ2v) is 8.96. The first-order chi connectivity index (χ1) is 16.8. The Morgan fingerprint density at radius 2 is 1.51 bits per heavy atom. The van der Waals surface area contributed by atoms with E-state index in [1.54, 1.807) is 39.0 Å². The summed E-state index contributed by atoms with van der Waals surface area (Å²) in [6, 6.07) is 20.1. The third kappa shape index (κ3) is 4.89. The van der Waals surface area contributed by atoms with Gasteiger partial charge >= 0.3 is 12.1 Å². The molecule has 0 fully saturated rings. The van der Waals surface area contributed by atoms with Crippen LogP contribution in [0.5, 0.6) is 0 Å². The highest BCUT2D eigenvalue weighted by molar-refractivity contribution is 6.00. The van der Waals surface area contributed by atoms with Crippen LogP contribution in [0.3, 0.4) is 0 Å². The van der Waals surface area contributed by atoms with Crippen molar-refractivity contribution in [1.82, 2.24) is 5.32 Å². The number of aliphatic carboxylic acids is 1. The third-order valence-corrected chi connectivity index (χ3v) is 6.38. The topological polar surface area (TPSA) is 105 Å². The highest BCUT2D eigenvalue weighted by Crippen LogP contribution is 2.44. The fourth-order valence-corrected chi connectivity index (χ4v) is 4.49. The molecule has 3 N–H and O–H groups in total. The van der Waals surface area contributed by atoms with E-state index in [-0.39, 0.29) is 24.0 Å². The minimum absolute atomic E-state index is 0.0599. The molecule has 0 saturated heterocycles. The molecular weight excluding hydrogens is 444 g/mol. The normalized spacial score (nSPS) is 13.0. The lowest BCUT2D eigenvalue weighted by atomic mass is 9.98. The Morgan fingerprint density at radius 3 is 2.09 bits per heavy atom. The molecule has 1 aliphatic carbocycles. The number of hydrogen-bond acceptors (Lipinski definition) is 4. The van der Waals surface area contributed by atoms with Gasteiger partial charge in [0, 0.05) is 17.2 Å². The van der Waals surface area contributed by atoms with Crippen LogP contribution in [0.25, 0.3) is 11.1 Å². The average Bonchev–Trinajstić information content (AvgIpc) is 3.15. The number of carbonyl (C=O) groups excluding carboxylic acids is 2. The fraction of sp³-hybridized carbons (Fsp3) is 0.250. The zero-order chi connectivity index (χ0) is 25.1. The number of fused-ring (bicyclic) bond motifs is 3. The van der Waals surface area contributed by atoms with Gasteiger partial charge in [0.15, 0.2) is 0 Å². The van der Waals surface area contributed by atoms with Gasteiger partial charge in [-0.1, -0.05) is 68.4 Å². The number of carboxylic acids is 1. The highest BCUT2D eigenvalue weighted by Gasteiger charge is 2.29. The van der Waals surface area contributed by atoms with E-state index in [0.29, 0.717) is 11.3 Å². The van der Waals surface area contributed by atoms with Gasteiger partial charge in [0.2, 0.25) is 0 Å². The SMILES string of the molecule is Cc1c(NC(=O)OCC2c3ccccc3-c3ccccc32)cccc1C(=O)N[C@@H](C(=O)O)C(C)C. The molecule has 3 aromatic carbocycles. The van der Waals surface area contributed by atoms with Crippen LogP contribution in [0.4, 0.5) is 10.5 Å². The maximum absolute atomic E-state index is 12.7. The summed E-state index contributed by atoms with van der Waals surface area (Å²) in [5.41, 5.74) is 5.76. The van der Waals surface area contributed by atoms with Crippen molar-refractivity contribution in [2.75, 3.05) is 11.9 Å². The fourth-order valence-electron chi connectivity index (χ4n) is 4.49. The van der Waals surface area contributed by atoms with Crippen LogP contribution in [-0.2, 0) is 9.53 Å². The molecule has 35 heavy (non-hydrogen) atoms. The number of carbonyl (C=O) groups is 3. The third-order valence-electron chi connectivity index (χ3n) is 6.38. The maximum Gasteiger partial charge on any atom is 0.411 e. The Bertz CT molecular complexity index is 1240. The minimum atomic E-state index is -1.10. The lowest BCUT2D eigenvalue weighted by Crippen LogP contribution is -2.44. The van der Waals surface area contributed by atoms with E-state index < -0.39 is 24.0 Å². The first-order valence-corrected chi connectivity index (χ1v) is 11.5. The zero-order valence-corrected chi connectivity index (χ0v) is 19.9. The number of ether oxygens (including phenoxy) is 1. The maximum atomic E-state index is 12.7. The summed E-state index contributed by atoms with van der Waals surface area (Å²) in [4.78, 5) is 36.9. The van der Waals surface area contributed by atoms with Crippen molar-refractivity contribution < 1.29 is 24.2 Å². The monoisotopic (exact) mass is 472 g/mol. The number of anilines is 1. The molecule has 0 aromatic heterocycles. The molecule has 0 radical (unpaired) electrons. The molecule has 0 spiro atoms. The second kappa shape index (κ2) is 10.0. The predicted molar refractivity (Wildman–Crippen MR) is 134 cm³/mol. The highest BCUT2D eigenvalue weighted by atomic mass is 16.5. The summed E-state index contributed by atoms with van der Waals surface area (Å²) < 4.78 is 5.60. The molecule has 1 aliphatic rings.